The fraction of sp³-hybridized carbons (Fsp3) is 0.417. The monoisotopic (exact) mass is 561 g/mol. The molecule has 2 rings (SSSR count). The van der Waals surface area contributed by atoms with E-state index in [4.69, 9.17) is 34.8 Å². The number of rotatable bonds is 12. The topological polar surface area (TPSA) is 86.8 Å². The predicted octanol–water partition coefficient (Wildman–Crippen LogP) is 5.14. The zero-order chi connectivity index (χ0) is 26.2. The van der Waals surface area contributed by atoms with Gasteiger partial charge in [0.25, 0.3) is 0 Å². The van der Waals surface area contributed by atoms with Crippen molar-refractivity contribution in [2.45, 2.75) is 45.7 Å². The zero-order valence-electron chi connectivity index (χ0n) is 19.9. The van der Waals surface area contributed by atoms with Crippen LogP contribution in [0.3, 0.4) is 0 Å². The normalized spacial score (nSPS) is 12.2. The van der Waals surface area contributed by atoms with Crippen molar-refractivity contribution < 1.29 is 18.0 Å². The number of benzene rings is 2. The molecule has 35 heavy (non-hydrogen) atoms. The molecule has 0 aliphatic heterocycles. The molecule has 192 valence electrons. The number of hydrogen-bond acceptors (Lipinski definition) is 4. The van der Waals surface area contributed by atoms with Crippen LogP contribution in [0.5, 0.6) is 0 Å². The number of nitrogens with zero attached hydrogens (tertiary/aromatic N) is 2. The first-order valence-corrected chi connectivity index (χ1v) is 14.2. The van der Waals surface area contributed by atoms with Crippen molar-refractivity contribution in [1.29, 1.82) is 0 Å². The van der Waals surface area contributed by atoms with Gasteiger partial charge in [-0.05, 0) is 48.7 Å². The lowest BCUT2D eigenvalue weighted by Crippen LogP contribution is -2.52. The second kappa shape index (κ2) is 13.3. The van der Waals surface area contributed by atoms with Crippen molar-refractivity contribution in [3.63, 3.8) is 0 Å². The van der Waals surface area contributed by atoms with E-state index >= 15 is 0 Å². The van der Waals surface area contributed by atoms with E-state index in [0.717, 1.165) is 29.0 Å². The number of hydrogen-bond donors (Lipinski definition) is 1. The maximum atomic E-state index is 13.6. The minimum absolute atomic E-state index is 0.0851. The first-order valence-electron chi connectivity index (χ1n) is 11.2. The molecular weight excluding hydrogens is 533 g/mol. The Morgan fingerprint density at radius 1 is 1.00 bits per heavy atom. The molecule has 0 aliphatic carbocycles. The third-order valence-corrected chi connectivity index (χ3v) is 7.27. The summed E-state index contributed by atoms with van der Waals surface area (Å²) in [5, 5.41) is 3.80. The lowest BCUT2D eigenvalue weighted by molar-refractivity contribution is -0.140. The summed E-state index contributed by atoms with van der Waals surface area (Å²) < 4.78 is 26.2. The fourth-order valence-corrected chi connectivity index (χ4v) is 4.90. The summed E-state index contributed by atoms with van der Waals surface area (Å²) in [5.74, 6) is -0.853. The highest BCUT2D eigenvalue weighted by molar-refractivity contribution is 7.92. The summed E-state index contributed by atoms with van der Waals surface area (Å²) in [4.78, 5) is 28.0. The molecule has 0 saturated carbocycles. The predicted molar refractivity (Wildman–Crippen MR) is 143 cm³/mol. The number of halogens is 3. The van der Waals surface area contributed by atoms with Crippen molar-refractivity contribution in [3.05, 3.63) is 63.1 Å². The molecule has 11 heteroatoms. The Kier molecular flexibility index (Phi) is 11.1. The van der Waals surface area contributed by atoms with E-state index in [1.165, 1.54) is 23.1 Å². The molecule has 2 aromatic carbocycles. The molecule has 2 amide bonds. The van der Waals surface area contributed by atoms with Gasteiger partial charge in [0.05, 0.1) is 17.0 Å². The van der Waals surface area contributed by atoms with Crippen molar-refractivity contribution in [1.82, 2.24) is 10.2 Å². The minimum Gasteiger partial charge on any atom is -0.354 e. The van der Waals surface area contributed by atoms with Gasteiger partial charge in [0.2, 0.25) is 21.8 Å². The van der Waals surface area contributed by atoms with Gasteiger partial charge in [0.15, 0.2) is 0 Å². The van der Waals surface area contributed by atoms with Crippen molar-refractivity contribution in [3.8, 4) is 0 Å². The smallest absolute Gasteiger partial charge is 0.244 e. The van der Waals surface area contributed by atoms with Gasteiger partial charge >= 0.3 is 0 Å². The molecular formula is C24H30Cl3N3O4S. The molecule has 0 aromatic heterocycles. The van der Waals surface area contributed by atoms with Gasteiger partial charge < -0.3 is 10.2 Å². The van der Waals surface area contributed by atoms with Crippen LogP contribution < -0.4 is 9.62 Å². The molecule has 0 heterocycles. The van der Waals surface area contributed by atoms with E-state index in [1.807, 2.05) is 6.92 Å². The lowest BCUT2D eigenvalue weighted by atomic mass is 10.1. The molecule has 0 fully saturated rings. The van der Waals surface area contributed by atoms with E-state index in [2.05, 4.69) is 5.32 Å². The van der Waals surface area contributed by atoms with Gasteiger partial charge in [0.1, 0.15) is 12.6 Å². The minimum atomic E-state index is -3.91. The summed E-state index contributed by atoms with van der Waals surface area (Å²) in [7, 11) is -3.91. The molecule has 1 N–H and O–H groups in total. The van der Waals surface area contributed by atoms with Crippen LogP contribution in [-0.2, 0) is 26.2 Å². The Balaban J connectivity index is 2.43. The highest BCUT2D eigenvalue weighted by Crippen LogP contribution is 2.31. The lowest BCUT2D eigenvalue weighted by Gasteiger charge is -2.33. The van der Waals surface area contributed by atoms with Crippen LogP contribution in [0.4, 0.5) is 5.69 Å². The molecule has 1 atom stereocenters. The number of sulfonamides is 1. The van der Waals surface area contributed by atoms with Crippen LogP contribution in [0, 0.1) is 0 Å². The molecule has 0 spiro atoms. The van der Waals surface area contributed by atoms with Crippen LogP contribution in [0.15, 0.2) is 42.5 Å². The summed E-state index contributed by atoms with van der Waals surface area (Å²) in [6.07, 6.45) is 3.04. The zero-order valence-corrected chi connectivity index (χ0v) is 23.0. The van der Waals surface area contributed by atoms with E-state index < -0.39 is 28.5 Å². The van der Waals surface area contributed by atoms with Gasteiger partial charge in [-0.2, -0.15) is 0 Å². The number of anilines is 1. The van der Waals surface area contributed by atoms with Crippen LogP contribution in [-0.4, -0.2) is 50.5 Å². The van der Waals surface area contributed by atoms with E-state index in [-0.39, 0.29) is 28.2 Å². The maximum absolute atomic E-state index is 13.6. The number of carbonyl (C=O) groups is 2. The standard InChI is InChI=1S/C24H30Cl3N3O4S/c1-4-6-13-28-24(32)21(5-2)29(15-17-7-9-18(25)10-8-17)23(31)16-30(35(3,33)34)22-14-19(26)11-12-20(22)27/h7-12,14,21H,4-6,13,15-16H2,1-3H3,(H,28,32)/t21-/m1/s1. The average molecular weight is 563 g/mol. The third-order valence-electron chi connectivity index (χ3n) is 5.34. The Morgan fingerprint density at radius 2 is 1.63 bits per heavy atom. The number of amides is 2. The summed E-state index contributed by atoms with van der Waals surface area (Å²) >= 11 is 18.3. The quantitative estimate of drug-likeness (QED) is 0.363. The van der Waals surface area contributed by atoms with E-state index in [0.29, 0.717) is 18.0 Å². The first kappa shape index (κ1) is 29.2. The molecule has 0 saturated heterocycles. The van der Waals surface area contributed by atoms with Crippen LogP contribution >= 0.6 is 34.8 Å². The van der Waals surface area contributed by atoms with E-state index in [9.17, 15) is 18.0 Å². The third kappa shape index (κ3) is 8.56. The van der Waals surface area contributed by atoms with Crippen LogP contribution in [0.25, 0.3) is 0 Å². The molecule has 2 aromatic rings. The van der Waals surface area contributed by atoms with E-state index in [1.54, 1.807) is 31.2 Å². The Hall–Kier alpha value is -2.00. The van der Waals surface area contributed by atoms with Gasteiger partial charge in [-0.15, -0.1) is 0 Å². The number of unbranched alkanes of at least 4 members (excludes halogenated alkanes) is 1. The maximum Gasteiger partial charge on any atom is 0.244 e. The average Bonchev–Trinajstić information content (AvgIpc) is 2.79. The second-order valence-electron chi connectivity index (χ2n) is 8.08. The fourth-order valence-electron chi connectivity index (χ4n) is 3.48. The number of carbonyl (C=O) groups excluding carboxylic acids is 2. The second-order valence-corrected chi connectivity index (χ2v) is 11.3. The molecule has 7 nitrogen and oxygen atoms in total. The largest absolute Gasteiger partial charge is 0.354 e. The Bertz CT molecular complexity index is 1130. The summed E-state index contributed by atoms with van der Waals surface area (Å²) in [6, 6.07) is 10.5. The number of nitrogens with one attached hydrogen (secondary N) is 1. The van der Waals surface area contributed by atoms with Crippen molar-refractivity contribution in [2.24, 2.45) is 0 Å². The van der Waals surface area contributed by atoms with Crippen molar-refractivity contribution in [2.75, 3.05) is 23.7 Å². The molecule has 0 bridgehead atoms. The molecule has 0 radical (unpaired) electrons. The van der Waals surface area contributed by atoms with Gasteiger partial charge in [-0.3, -0.25) is 13.9 Å². The molecule has 0 aliphatic rings. The Labute approximate surface area is 222 Å². The van der Waals surface area contributed by atoms with Gasteiger partial charge in [0, 0.05) is 23.1 Å². The highest BCUT2D eigenvalue weighted by Gasteiger charge is 2.32. The summed E-state index contributed by atoms with van der Waals surface area (Å²) in [5.41, 5.74) is 0.830. The summed E-state index contributed by atoms with van der Waals surface area (Å²) in [6.45, 7) is 3.85. The Morgan fingerprint density at radius 3 is 2.20 bits per heavy atom. The van der Waals surface area contributed by atoms with Gasteiger partial charge in [-0.1, -0.05) is 67.2 Å². The van der Waals surface area contributed by atoms with Gasteiger partial charge in [-0.25, -0.2) is 8.42 Å². The highest BCUT2D eigenvalue weighted by atomic mass is 35.5. The SMILES string of the molecule is CCCCNC(=O)[C@@H](CC)N(Cc1ccc(Cl)cc1)C(=O)CN(c1cc(Cl)ccc1Cl)S(C)(=O)=O. The van der Waals surface area contributed by atoms with Crippen LogP contribution in [0.2, 0.25) is 15.1 Å². The van der Waals surface area contributed by atoms with Crippen LogP contribution in [0.1, 0.15) is 38.7 Å². The van der Waals surface area contributed by atoms with Crippen molar-refractivity contribution >= 4 is 62.3 Å². The first-order chi connectivity index (χ1) is 16.5. The molecule has 0 unspecified atom stereocenters.